The van der Waals surface area contributed by atoms with Crippen molar-refractivity contribution in [1.29, 1.82) is 0 Å². The van der Waals surface area contributed by atoms with Gasteiger partial charge in [0.25, 0.3) is 0 Å². The molecule has 0 rings (SSSR count). The molecular formula is C14H31O2PS2. The first kappa shape index (κ1) is 19.9. The SMILES string of the molecule is CCCC(C)OP(=S)(OC(C)CCC)SC(C)CC. The fourth-order valence-electron chi connectivity index (χ4n) is 1.73. The molecule has 0 N–H and O–H groups in total. The van der Waals surface area contributed by atoms with Crippen LogP contribution in [-0.4, -0.2) is 17.5 Å². The van der Waals surface area contributed by atoms with E-state index in [2.05, 4.69) is 41.5 Å². The second-order valence-corrected chi connectivity index (χ2v) is 11.7. The molecule has 0 aromatic carbocycles. The van der Waals surface area contributed by atoms with E-state index in [1.807, 2.05) is 0 Å². The zero-order valence-electron chi connectivity index (χ0n) is 13.3. The van der Waals surface area contributed by atoms with Crippen LogP contribution in [-0.2, 0) is 20.9 Å². The normalized spacial score (nSPS) is 19.7. The Morgan fingerprint density at radius 2 is 1.37 bits per heavy atom. The molecule has 3 atom stereocenters. The van der Waals surface area contributed by atoms with Gasteiger partial charge in [-0.15, -0.1) is 0 Å². The first-order valence-corrected chi connectivity index (χ1v) is 11.6. The Kier molecular flexibility index (Phi) is 11.1. The van der Waals surface area contributed by atoms with Crippen LogP contribution in [0.4, 0.5) is 0 Å². The summed E-state index contributed by atoms with van der Waals surface area (Å²) in [5.41, 5.74) is -2.21. The maximum Gasteiger partial charge on any atom is 0.248 e. The topological polar surface area (TPSA) is 18.5 Å². The standard InChI is InChI=1S/C14H31O2PS2/c1-7-10-12(4)15-17(18,19-14(6)9-3)16-13(5)11-8-2/h12-14H,7-11H2,1-6H3. The van der Waals surface area contributed by atoms with Gasteiger partial charge in [0.05, 0.1) is 12.2 Å². The van der Waals surface area contributed by atoms with Gasteiger partial charge in [0.15, 0.2) is 0 Å². The Hall–Kier alpha value is 0.920. The van der Waals surface area contributed by atoms with Crippen molar-refractivity contribution in [1.82, 2.24) is 0 Å². The summed E-state index contributed by atoms with van der Waals surface area (Å²) in [6.07, 6.45) is 5.82. The molecule has 0 aliphatic carbocycles. The molecule has 0 aliphatic rings. The third-order valence-corrected chi connectivity index (χ3v) is 8.74. The summed E-state index contributed by atoms with van der Waals surface area (Å²) in [5, 5.41) is 0.494. The lowest BCUT2D eigenvalue weighted by atomic mass is 10.2. The third-order valence-electron chi connectivity index (χ3n) is 2.89. The lowest BCUT2D eigenvalue weighted by molar-refractivity contribution is 0.157. The van der Waals surface area contributed by atoms with E-state index in [0.29, 0.717) is 5.25 Å². The zero-order chi connectivity index (χ0) is 14.9. The molecular weight excluding hydrogens is 295 g/mol. The second kappa shape index (κ2) is 10.6. The van der Waals surface area contributed by atoms with E-state index in [-0.39, 0.29) is 12.2 Å². The van der Waals surface area contributed by atoms with Gasteiger partial charge in [-0.2, -0.15) is 0 Å². The molecule has 116 valence electrons. The maximum absolute atomic E-state index is 6.13. The average Bonchev–Trinajstić information content (AvgIpc) is 2.28. The maximum atomic E-state index is 6.13. The lowest BCUT2D eigenvalue weighted by Gasteiger charge is -2.29. The van der Waals surface area contributed by atoms with Crippen molar-refractivity contribution >= 4 is 28.9 Å². The summed E-state index contributed by atoms with van der Waals surface area (Å²) < 4.78 is 12.3. The molecule has 0 amide bonds. The molecule has 0 spiro atoms. The van der Waals surface area contributed by atoms with Crippen molar-refractivity contribution in [2.75, 3.05) is 0 Å². The van der Waals surface area contributed by atoms with Crippen LogP contribution < -0.4 is 0 Å². The number of hydrogen-bond donors (Lipinski definition) is 0. The smallest absolute Gasteiger partial charge is 0.248 e. The van der Waals surface area contributed by atoms with Crippen LogP contribution in [0.25, 0.3) is 0 Å². The van der Waals surface area contributed by atoms with Gasteiger partial charge >= 0.3 is 0 Å². The summed E-state index contributed by atoms with van der Waals surface area (Å²) >= 11 is 7.49. The highest BCUT2D eigenvalue weighted by Gasteiger charge is 2.27. The van der Waals surface area contributed by atoms with E-state index in [0.717, 1.165) is 32.1 Å². The highest BCUT2D eigenvalue weighted by molar-refractivity contribution is 8.68. The molecule has 0 saturated carbocycles. The van der Waals surface area contributed by atoms with E-state index >= 15 is 0 Å². The summed E-state index contributed by atoms with van der Waals surface area (Å²) in [7, 11) is 0. The van der Waals surface area contributed by atoms with Gasteiger partial charge in [0.2, 0.25) is 5.69 Å². The molecule has 0 fully saturated rings. The predicted molar refractivity (Wildman–Crippen MR) is 92.5 cm³/mol. The van der Waals surface area contributed by atoms with E-state index in [1.165, 1.54) is 0 Å². The van der Waals surface area contributed by atoms with Crippen LogP contribution in [0.1, 0.15) is 73.6 Å². The monoisotopic (exact) mass is 326 g/mol. The second-order valence-electron chi connectivity index (χ2n) is 5.18. The van der Waals surface area contributed by atoms with Crippen molar-refractivity contribution in [3.8, 4) is 0 Å². The van der Waals surface area contributed by atoms with Gasteiger partial charge in [-0.25, -0.2) is 0 Å². The van der Waals surface area contributed by atoms with Crippen LogP contribution >= 0.6 is 17.1 Å². The summed E-state index contributed by atoms with van der Waals surface area (Å²) in [6.45, 7) is 12.9. The first-order valence-electron chi connectivity index (χ1n) is 7.52. The Morgan fingerprint density at radius 1 is 0.947 bits per heavy atom. The highest BCUT2D eigenvalue weighted by atomic mass is 32.9. The summed E-state index contributed by atoms with van der Waals surface area (Å²) in [4.78, 5) is 0. The van der Waals surface area contributed by atoms with Gasteiger partial charge in [0.1, 0.15) is 0 Å². The van der Waals surface area contributed by atoms with Gasteiger partial charge in [-0.1, -0.05) is 51.9 Å². The Morgan fingerprint density at radius 3 is 1.68 bits per heavy atom. The Bertz CT molecular complexity index is 256. The van der Waals surface area contributed by atoms with Crippen LogP contribution in [0.3, 0.4) is 0 Å². The third kappa shape index (κ3) is 9.47. The molecule has 5 heteroatoms. The molecule has 0 aromatic heterocycles. The molecule has 2 nitrogen and oxygen atoms in total. The van der Waals surface area contributed by atoms with Crippen LogP contribution in [0.2, 0.25) is 0 Å². The minimum absolute atomic E-state index is 0.196. The van der Waals surface area contributed by atoms with Crippen LogP contribution in [0.5, 0.6) is 0 Å². The number of rotatable bonds is 11. The van der Waals surface area contributed by atoms with Crippen molar-refractivity contribution in [3.63, 3.8) is 0 Å². The Balaban J connectivity index is 4.65. The minimum atomic E-state index is -2.21. The fraction of sp³-hybridized carbons (Fsp3) is 1.00. The van der Waals surface area contributed by atoms with Crippen molar-refractivity contribution in [2.24, 2.45) is 0 Å². The lowest BCUT2D eigenvalue weighted by Crippen LogP contribution is -2.12. The van der Waals surface area contributed by atoms with Gasteiger partial charge in [-0.3, -0.25) is 0 Å². The van der Waals surface area contributed by atoms with Crippen LogP contribution in [0, 0.1) is 0 Å². The van der Waals surface area contributed by atoms with E-state index in [9.17, 15) is 0 Å². The number of hydrogen-bond acceptors (Lipinski definition) is 4. The summed E-state index contributed by atoms with van der Waals surface area (Å²) in [6, 6.07) is 0. The summed E-state index contributed by atoms with van der Waals surface area (Å²) in [5.74, 6) is 0. The average molecular weight is 327 g/mol. The molecule has 0 bridgehead atoms. The zero-order valence-corrected chi connectivity index (χ0v) is 15.9. The molecule has 19 heavy (non-hydrogen) atoms. The van der Waals surface area contributed by atoms with Gasteiger partial charge < -0.3 is 9.05 Å². The van der Waals surface area contributed by atoms with E-state index in [4.69, 9.17) is 20.9 Å². The quantitative estimate of drug-likeness (QED) is 0.423. The van der Waals surface area contributed by atoms with E-state index in [1.54, 1.807) is 11.4 Å². The minimum Gasteiger partial charge on any atom is -0.319 e. The first-order chi connectivity index (χ1) is 8.86. The van der Waals surface area contributed by atoms with Gasteiger partial charge in [-0.05, 0) is 44.9 Å². The van der Waals surface area contributed by atoms with Crippen LogP contribution in [0.15, 0.2) is 0 Å². The van der Waals surface area contributed by atoms with Crippen molar-refractivity contribution < 1.29 is 9.05 Å². The fourth-order valence-corrected chi connectivity index (χ4v) is 8.71. The predicted octanol–water partition coefficient (Wildman–Crippen LogP) is 6.15. The van der Waals surface area contributed by atoms with Crippen molar-refractivity contribution in [2.45, 2.75) is 91.1 Å². The molecule has 3 unspecified atom stereocenters. The Labute approximate surface area is 129 Å². The molecule has 0 aliphatic heterocycles. The molecule has 0 saturated heterocycles. The van der Waals surface area contributed by atoms with Crippen molar-refractivity contribution in [3.05, 3.63) is 0 Å². The van der Waals surface area contributed by atoms with E-state index < -0.39 is 5.69 Å². The van der Waals surface area contributed by atoms with Gasteiger partial charge in [0, 0.05) is 5.25 Å². The highest BCUT2D eigenvalue weighted by Crippen LogP contribution is 2.64. The largest absolute Gasteiger partial charge is 0.319 e. The molecule has 0 radical (unpaired) electrons. The molecule has 0 heterocycles. The molecule has 0 aromatic rings.